The van der Waals surface area contributed by atoms with Crippen LogP contribution in [-0.4, -0.2) is 25.5 Å². The number of aromatic nitrogens is 4. The Bertz CT molecular complexity index is 1350. The van der Waals surface area contributed by atoms with Crippen LogP contribution in [0.2, 0.25) is 10.0 Å². The van der Waals surface area contributed by atoms with Gasteiger partial charge < -0.3 is 9.73 Å². The normalized spacial score (nSPS) is 11.6. The molecule has 1 aromatic carbocycles. The number of amides is 1. The van der Waals surface area contributed by atoms with Gasteiger partial charge in [-0.25, -0.2) is 22.0 Å². The molecule has 35 heavy (non-hydrogen) atoms. The summed E-state index contributed by atoms with van der Waals surface area (Å²) in [6.45, 7) is -0.457. The lowest BCUT2D eigenvalue weighted by atomic mass is 10.2. The lowest BCUT2D eigenvalue weighted by molar-refractivity contribution is 0.0993. The Kier molecular flexibility index (Phi) is 7.13. The van der Waals surface area contributed by atoms with E-state index in [0.717, 1.165) is 0 Å². The third-order valence-electron chi connectivity index (χ3n) is 4.80. The third-order valence-corrected chi connectivity index (χ3v) is 5.43. The number of carbonyl (C=O) groups excluding carboxylic acids is 1. The summed E-state index contributed by atoms with van der Waals surface area (Å²) >= 11 is 12.1. The molecule has 0 fully saturated rings. The fourth-order valence-corrected chi connectivity index (χ4v) is 3.59. The van der Waals surface area contributed by atoms with Crippen LogP contribution in [-0.2, 0) is 13.1 Å². The molecule has 14 heteroatoms. The molecule has 0 aliphatic carbocycles. The average Bonchev–Trinajstić information content (AvgIpc) is 3.51. The summed E-state index contributed by atoms with van der Waals surface area (Å²) in [7, 11) is 0. The number of anilines is 1. The van der Waals surface area contributed by atoms with Crippen LogP contribution < -0.4 is 5.32 Å². The topological polar surface area (TPSA) is 77.9 Å². The molecule has 0 saturated carbocycles. The largest absolute Gasteiger partial charge is 0.454 e. The number of hydrogen-bond acceptors (Lipinski definition) is 4. The Hall–Kier alpha value is -3.38. The summed E-state index contributed by atoms with van der Waals surface area (Å²) in [6, 6.07) is 7.40. The van der Waals surface area contributed by atoms with E-state index >= 15 is 0 Å². The first-order valence-electron chi connectivity index (χ1n) is 9.82. The molecule has 1 N–H and O–H groups in total. The highest BCUT2D eigenvalue weighted by Gasteiger charge is 2.23. The second-order valence-corrected chi connectivity index (χ2v) is 8.01. The number of carbonyl (C=O) groups is 1. The maximum atomic E-state index is 14.0. The van der Waals surface area contributed by atoms with E-state index in [1.165, 1.54) is 41.2 Å². The number of nitrogens with zero attached hydrogens (tertiary/aromatic N) is 4. The van der Waals surface area contributed by atoms with Gasteiger partial charge in [0.25, 0.3) is 18.8 Å². The fourth-order valence-electron chi connectivity index (χ4n) is 3.17. The highest BCUT2D eigenvalue weighted by molar-refractivity contribution is 6.33. The highest BCUT2D eigenvalue weighted by Crippen LogP contribution is 2.27. The predicted molar refractivity (Wildman–Crippen MR) is 116 cm³/mol. The van der Waals surface area contributed by atoms with Crippen molar-refractivity contribution in [2.45, 2.75) is 25.9 Å². The van der Waals surface area contributed by atoms with Gasteiger partial charge in [0.05, 0.1) is 13.1 Å². The smallest absolute Gasteiger partial charge is 0.292 e. The fraction of sp³-hybridized carbons (Fsp3) is 0.190. The second kappa shape index (κ2) is 10.1. The molecule has 7 nitrogen and oxygen atoms in total. The van der Waals surface area contributed by atoms with Gasteiger partial charge in [0.2, 0.25) is 0 Å². The molecule has 0 spiro atoms. The quantitative estimate of drug-likeness (QED) is 0.268. The number of nitrogens with one attached hydrogen (secondary N) is 1. The number of furan rings is 1. The zero-order valence-electron chi connectivity index (χ0n) is 17.4. The first-order chi connectivity index (χ1) is 16.6. The molecule has 0 atom stereocenters. The van der Waals surface area contributed by atoms with Crippen molar-refractivity contribution in [2.75, 3.05) is 5.32 Å². The van der Waals surface area contributed by atoms with E-state index in [9.17, 15) is 26.7 Å². The maximum Gasteiger partial charge on any atom is 0.292 e. The van der Waals surface area contributed by atoms with Gasteiger partial charge in [0.15, 0.2) is 11.6 Å². The van der Waals surface area contributed by atoms with Crippen molar-refractivity contribution in [3.8, 4) is 0 Å². The molecule has 4 rings (SSSR count). The number of alkyl halides is 4. The lowest BCUT2D eigenvalue weighted by Crippen LogP contribution is -2.12. The van der Waals surface area contributed by atoms with Crippen LogP contribution in [0.25, 0.3) is 0 Å². The molecule has 0 radical (unpaired) electrons. The van der Waals surface area contributed by atoms with Gasteiger partial charge in [-0.1, -0.05) is 29.3 Å². The summed E-state index contributed by atoms with van der Waals surface area (Å²) in [5.41, 5.74) is -1.33. The van der Waals surface area contributed by atoms with Crippen LogP contribution >= 0.6 is 23.2 Å². The Morgan fingerprint density at radius 3 is 2.49 bits per heavy atom. The number of rotatable bonds is 8. The molecular formula is C21H14Cl2F5N5O2. The third kappa shape index (κ3) is 5.49. The Morgan fingerprint density at radius 1 is 1.03 bits per heavy atom. The second-order valence-electron chi connectivity index (χ2n) is 7.20. The minimum absolute atomic E-state index is 0.0202. The van der Waals surface area contributed by atoms with Crippen molar-refractivity contribution in [2.24, 2.45) is 0 Å². The van der Waals surface area contributed by atoms with E-state index in [4.69, 9.17) is 27.6 Å². The van der Waals surface area contributed by atoms with Gasteiger partial charge in [-0.05, 0) is 30.3 Å². The van der Waals surface area contributed by atoms with Crippen LogP contribution in [0.3, 0.4) is 0 Å². The molecule has 0 saturated heterocycles. The van der Waals surface area contributed by atoms with Gasteiger partial charge >= 0.3 is 0 Å². The van der Waals surface area contributed by atoms with Crippen LogP contribution in [0.1, 0.15) is 46.1 Å². The molecule has 0 aliphatic heterocycles. The van der Waals surface area contributed by atoms with Crippen LogP contribution in [0.15, 0.2) is 47.0 Å². The standard InChI is InChI=1S/C21H14Cl2F5N5O2/c22-12-2-1-3-14(24)11(12)8-32-9-13(23)20(31-32)29-21(34)17-5-4-10(35-17)7-33-16(19(27)28)6-15(30-33)18(25)26/h1-6,9,18-19H,7-8H2,(H,29,31,34). The van der Waals surface area contributed by atoms with Crippen molar-refractivity contribution in [3.05, 3.63) is 86.9 Å². The van der Waals surface area contributed by atoms with Crippen molar-refractivity contribution < 1.29 is 31.2 Å². The molecule has 3 heterocycles. The molecule has 0 unspecified atom stereocenters. The van der Waals surface area contributed by atoms with Crippen LogP contribution in [0.4, 0.5) is 27.8 Å². The van der Waals surface area contributed by atoms with Crippen molar-refractivity contribution >= 4 is 34.9 Å². The Balaban J connectivity index is 1.46. The van der Waals surface area contributed by atoms with E-state index < -0.39 is 42.5 Å². The number of hydrogen-bond donors (Lipinski definition) is 1. The molecule has 3 aromatic heterocycles. The first-order valence-corrected chi connectivity index (χ1v) is 10.6. The first kappa shape index (κ1) is 24.7. The molecular weight excluding hydrogens is 520 g/mol. The van der Waals surface area contributed by atoms with Gasteiger partial charge in [-0.2, -0.15) is 10.2 Å². The van der Waals surface area contributed by atoms with Crippen molar-refractivity contribution in [3.63, 3.8) is 0 Å². The van der Waals surface area contributed by atoms with Crippen LogP contribution in [0.5, 0.6) is 0 Å². The summed E-state index contributed by atoms with van der Waals surface area (Å²) in [6.07, 6.45) is -4.70. The summed E-state index contributed by atoms with van der Waals surface area (Å²) < 4.78 is 73.3. The Morgan fingerprint density at radius 2 is 1.80 bits per heavy atom. The number of benzene rings is 1. The van der Waals surface area contributed by atoms with Crippen molar-refractivity contribution in [1.29, 1.82) is 0 Å². The zero-order chi connectivity index (χ0) is 25.3. The van der Waals surface area contributed by atoms with E-state index in [0.29, 0.717) is 10.7 Å². The van der Waals surface area contributed by atoms with Gasteiger partial charge in [-0.15, -0.1) is 0 Å². The van der Waals surface area contributed by atoms with Crippen molar-refractivity contribution in [1.82, 2.24) is 19.6 Å². The van der Waals surface area contributed by atoms with E-state index in [1.807, 2.05) is 0 Å². The molecule has 4 aromatic rings. The average molecular weight is 534 g/mol. The van der Waals surface area contributed by atoms with Gasteiger partial charge in [-0.3, -0.25) is 14.2 Å². The summed E-state index contributed by atoms with van der Waals surface area (Å²) in [5.74, 6) is -1.55. The monoisotopic (exact) mass is 533 g/mol. The van der Waals surface area contributed by atoms with E-state index in [2.05, 4.69) is 15.5 Å². The maximum absolute atomic E-state index is 14.0. The zero-order valence-corrected chi connectivity index (χ0v) is 18.9. The van der Waals surface area contributed by atoms with E-state index in [-0.39, 0.29) is 39.5 Å². The minimum atomic E-state index is -3.04. The summed E-state index contributed by atoms with van der Waals surface area (Å²) in [4.78, 5) is 12.5. The van der Waals surface area contributed by atoms with E-state index in [1.54, 1.807) is 0 Å². The SMILES string of the molecule is O=C(Nc1nn(Cc2c(F)cccc2Cl)cc1Cl)c1ccc(Cn2nc(C(F)F)cc2C(F)F)o1. The molecule has 0 aliphatic rings. The number of halogens is 7. The molecule has 0 bridgehead atoms. The lowest BCUT2D eigenvalue weighted by Gasteiger charge is -2.06. The van der Waals surface area contributed by atoms with Gasteiger partial charge in [0, 0.05) is 16.8 Å². The molecule has 1 amide bonds. The van der Waals surface area contributed by atoms with Gasteiger partial charge in [0.1, 0.15) is 28.0 Å². The minimum Gasteiger partial charge on any atom is -0.454 e. The highest BCUT2D eigenvalue weighted by atomic mass is 35.5. The summed E-state index contributed by atoms with van der Waals surface area (Å²) in [5, 5.41) is 10.2. The Labute approximate surface area is 204 Å². The van der Waals surface area contributed by atoms with Crippen LogP contribution in [0, 0.1) is 5.82 Å². The molecule has 184 valence electrons. The predicted octanol–water partition coefficient (Wildman–Crippen LogP) is 6.34.